The van der Waals surface area contributed by atoms with E-state index in [2.05, 4.69) is 15.2 Å². The molecular formula is C23H22ClFN4O2S2. The SMILES string of the molecule is O=C(CSc1nc(CC(=O)N2CCN(c3ccc(F)cc3)CC2)cs1)Nc1ccc(Cl)cc1. The summed E-state index contributed by atoms with van der Waals surface area (Å²) < 4.78 is 13.9. The summed E-state index contributed by atoms with van der Waals surface area (Å²) in [7, 11) is 0. The standard InChI is InChI=1S/C23H22ClFN4O2S2/c24-16-1-5-18(6-2-16)26-21(30)15-33-23-27-19(14-32-23)13-22(31)29-11-9-28(10-12-29)20-7-3-17(25)4-8-20/h1-8,14H,9-13,15H2,(H,26,30). The molecule has 33 heavy (non-hydrogen) atoms. The summed E-state index contributed by atoms with van der Waals surface area (Å²) in [6, 6.07) is 13.4. The maximum absolute atomic E-state index is 13.1. The molecule has 3 aromatic rings. The number of thiazole rings is 1. The van der Waals surface area contributed by atoms with E-state index in [0.717, 1.165) is 10.0 Å². The van der Waals surface area contributed by atoms with Crippen LogP contribution in [0.5, 0.6) is 0 Å². The van der Waals surface area contributed by atoms with Crippen molar-refractivity contribution in [2.24, 2.45) is 0 Å². The molecule has 0 saturated carbocycles. The molecule has 0 spiro atoms. The Kier molecular flexibility index (Phi) is 7.85. The minimum Gasteiger partial charge on any atom is -0.368 e. The lowest BCUT2D eigenvalue weighted by Crippen LogP contribution is -2.49. The number of anilines is 2. The predicted octanol–water partition coefficient (Wildman–Crippen LogP) is 4.56. The number of hydrogen-bond acceptors (Lipinski definition) is 6. The van der Waals surface area contributed by atoms with Crippen molar-refractivity contribution in [2.45, 2.75) is 10.8 Å². The monoisotopic (exact) mass is 504 g/mol. The van der Waals surface area contributed by atoms with Crippen LogP contribution in [0.2, 0.25) is 5.02 Å². The van der Waals surface area contributed by atoms with Crippen LogP contribution in [0.4, 0.5) is 15.8 Å². The highest BCUT2D eigenvalue weighted by Crippen LogP contribution is 2.24. The minimum absolute atomic E-state index is 0.0380. The van der Waals surface area contributed by atoms with Crippen molar-refractivity contribution in [3.05, 3.63) is 70.4 Å². The summed E-state index contributed by atoms with van der Waals surface area (Å²) >= 11 is 8.63. The summed E-state index contributed by atoms with van der Waals surface area (Å²) in [6.07, 6.45) is 0.241. The quantitative estimate of drug-likeness (QED) is 0.478. The number of nitrogens with one attached hydrogen (secondary N) is 1. The third-order valence-corrected chi connectivity index (χ3v) is 7.46. The second kappa shape index (κ2) is 11.0. The number of thioether (sulfide) groups is 1. The number of benzene rings is 2. The van der Waals surface area contributed by atoms with Crippen molar-refractivity contribution < 1.29 is 14.0 Å². The Morgan fingerprint density at radius 1 is 1.06 bits per heavy atom. The van der Waals surface area contributed by atoms with Crippen molar-refractivity contribution in [1.82, 2.24) is 9.88 Å². The first-order chi connectivity index (χ1) is 16.0. The predicted molar refractivity (Wildman–Crippen MR) is 132 cm³/mol. The molecule has 6 nitrogen and oxygen atoms in total. The Morgan fingerprint density at radius 3 is 2.45 bits per heavy atom. The Labute approximate surface area is 204 Å². The first-order valence-electron chi connectivity index (χ1n) is 10.4. The van der Waals surface area contributed by atoms with Gasteiger partial charge in [-0.05, 0) is 48.5 Å². The molecule has 172 valence electrons. The molecule has 0 aliphatic carbocycles. The number of carbonyl (C=O) groups is 2. The van der Waals surface area contributed by atoms with Crippen LogP contribution >= 0.6 is 34.7 Å². The van der Waals surface area contributed by atoms with Gasteiger partial charge in [0, 0.05) is 48.0 Å². The van der Waals surface area contributed by atoms with Crippen LogP contribution in [0.25, 0.3) is 0 Å². The fraction of sp³-hybridized carbons (Fsp3) is 0.261. The molecule has 2 amide bonds. The highest BCUT2D eigenvalue weighted by molar-refractivity contribution is 8.01. The maximum atomic E-state index is 13.1. The Morgan fingerprint density at radius 2 is 1.76 bits per heavy atom. The van der Waals surface area contributed by atoms with Crippen molar-refractivity contribution >= 4 is 57.9 Å². The number of piperazine rings is 1. The van der Waals surface area contributed by atoms with Gasteiger partial charge in [0.1, 0.15) is 5.82 Å². The fourth-order valence-corrected chi connectivity index (χ4v) is 5.20. The van der Waals surface area contributed by atoms with E-state index in [9.17, 15) is 14.0 Å². The molecule has 1 aliphatic rings. The van der Waals surface area contributed by atoms with E-state index in [4.69, 9.17) is 11.6 Å². The number of rotatable bonds is 7. The van der Waals surface area contributed by atoms with Gasteiger partial charge in [0.2, 0.25) is 11.8 Å². The third-order valence-electron chi connectivity index (χ3n) is 5.14. The maximum Gasteiger partial charge on any atom is 0.234 e. The molecule has 0 radical (unpaired) electrons. The molecule has 4 rings (SSSR count). The van der Waals surface area contributed by atoms with Gasteiger partial charge in [0.05, 0.1) is 17.9 Å². The summed E-state index contributed by atoms with van der Waals surface area (Å²) in [4.78, 5) is 33.3. The van der Waals surface area contributed by atoms with E-state index < -0.39 is 0 Å². The lowest BCUT2D eigenvalue weighted by Gasteiger charge is -2.36. The molecule has 2 aromatic carbocycles. The van der Waals surface area contributed by atoms with Crippen LogP contribution in [0, 0.1) is 5.82 Å². The van der Waals surface area contributed by atoms with E-state index in [0.29, 0.717) is 42.6 Å². The summed E-state index contributed by atoms with van der Waals surface area (Å²) in [5.74, 6) is -0.115. The van der Waals surface area contributed by atoms with Gasteiger partial charge in [-0.1, -0.05) is 23.4 Å². The third kappa shape index (κ3) is 6.69. The lowest BCUT2D eigenvalue weighted by molar-refractivity contribution is -0.130. The average molecular weight is 505 g/mol. The van der Waals surface area contributed by atoms with E-state index in [1.807, 2.05) is 10.3 Å². The van der Waals surface area contributed by atoms with Crippen LogP contribution in [0.1, 0.15) is 5.69 Å². The zero-order valence-electron chi connectivity index (χ0n) is 17.7. The van der Waals surface area contributed by atoms with Crippen molar-refractivity contribution in [2.75, 3.05) is 42.1 Å². The van der Waals surface area contributed by atoms with Gasteiger partial charge < -0.3 is 15.1 Å². The number of hydrogen-bond donors (Lipinski definition) is 1. The van der Waals surface area contributed by atoms with Crippen molar-refractivity contribution in [1.29, 1.82) is 0 Å². The zero-order chi connectivity index (χ0) is 23.2. The molecule has 2 heterocycles. The first kappa shape index (κ1) is 23.5. The number of halogens is 2. The van der Waals surface area contributed by atoms with Crippen LogP contribution < -0.4 is 10.2 Å². The van der Waals surface area contributed by atoms with Crippen LogP contribution in [-0.4, -0.2) is 53.6 Å². The number of aromatic nitrogens is 1. The summed E-state index contributed by atoms with van der Waals surface area (Å²) in [5, 5.41) is 5.29. The highest BCUT2D eigenvalue weighted by atomic mass is 35.5. The normalized spacial score (nSPS) is 13.8. The first-order valence-corrected chi connectivity index (χ1v) is 12.6. The molecular weight excluding hydrogens is 483 g/mol. The van der Waals surface area contributed by atoms with Gasteiger partial charge in [-0.25, -0.2) is 9.37 Å². The smallest absolute Gasteiger partial charge is 0.234 e. The Hall–Kier alpha value is -2.62. The van der Waals surface area contributed by atoms with E-state index in [-0.39, 0.29) is 29.8 Å². The summed E-state index contributed by atoms with van der Waals surface area (Å²) in [6.45, 7) is 2.65. The van der Waals surface area contributed by atoms with Gasteiger partial charge in [0.25, 0.3) is 0 Å². The van der Waals surface area contributed by atoms with Crippen LogP contribution in [-0.2, 0) is 16.0 Å². The van der Waals surface area contributed by atoms with E-state index >= 15 is 0 Å². The van der Waals surface area contributed by atoms with Crippen molar-refractivity contribution in [3.63, 3.8) is 0 Å². The molecule has 10 heteroatoms. The molecule has 0 atom stereocenters. The molecule has 1 aromatic heterocycles. The minimum atomic E-state index is -0.254. The lowest BCUT2D eigenvalue weighted by atomic mass is 10.2. The van der Waals surface area contributed by atoms with E-state index in [1.54, 1.807) is 36.4 Å². The molecule has 1 fully saturated rings. The largest absolute Gasteiger partial charge is 0.368 e. The molecule has 0 bridgehead atoms. The van der Waals surface area contributed by atoms with Gasteiger partial charge >= 0.3 is 0 Å². The zero-order valence-corrected chi connectivity index (χ0v) is 20.1. The number of carbonyl (C=O) groups excluding carboxylic acids is 2. The van der Waals surface area contributed by atoms with Crippen LogP contribution in [0.15, 0.2) is 58.3 Å². The number of amides is 2. The average Bonchev–Trinajstić information content (AvgIpc) is 3.27. The Balaban J connectivity index is 1.21. The molecule has 1 saturated heterocycles. The molecule has 0 unspecified atom stereocenters. The topological polar surface area (TPSA) is 65.5 Å². The molecule has 1 aliphatic heterocycles. The van der Waals surface area contributed by atoms with Gasteiger partial charge in [-0.3, -0.25) is 9.59 Å². The van der Waals surface area contributed by atoms with E-state index in [1.165, 1.54) is 35.2 Å². The van der Waals surface area contributed by atoms with Gasteiger partial charge in [-0.2, -0.15) is 0 Å². The fourth-order valence-electron chi connectivity index (χ4n) is 3.43. The van der Waals surface area contributed by atoms with Gasteiger partial charge in [0.15, 0.2) is 4.34 Å². The Bertz CT molecular complexity index is 1100. The summed E-state index contributed by atoms with van der Waals surface area (Å²) in [5.41, 5.74) is 2.37. The second-order valence-electron chi connectivity index (χ2n) is 7.47. The molecule has 1 N–H and O–H groups in total. The van der Waals surface area contributed by atoms with Crippen LogP contribution in [0.3, 0.4) is 0 Å². The van der Waals surface area contributed by atoms with Gasteiger partial charge in [-0.15, -0.1) is 11.3 Å². The highest BCUT2D eigenvalue weighted by Gasteiger charge is 2.22. The van der Waals surface area contributed by atoms with Crippen molar-refractivity contribution in [3.8, 4) is 0 Å². The second-order valence-corrected chi connectivity index (χ2v) is 9.99. The number of nitrogens with zero attached hydrogens (tertiary/aromatic N) is 3.